The number of benzene rings is 1. The van der Waals surface area contributed by atoms with Gasteiger partial charge in [-0.2, -0.15) is 0 Å². The van der Waals surface area contributed by atoms with Gasteiger partial charge in [0.25, 0.3) is 5.91 Å². The van der Waals surface area contributed by atoms with Gasteiger partial charge < -0.3 is 20.6 Å². The Balaban J connectivity index is 2.04. The zero-order valence-corrected chi connectivity index (χ0v) is 14.8. The zero-order chi connectivity index (χ0) is 19.1. The monoisotopic (exact) mass is 383 g/mol. The molecule has 4 aromatic rings. The SMILES string of the molecule is COc1cc(-c2nc(C(N)=O)c3[nH]c(=O)n(-c4cccs4)c3n2)ccc1O. The smallest absolute Gasteiger partial charge is 0.333 e. The minimum absolute atomic E-state index is 0.0467. The second-order valence-corrected chi connectivity index (χ2v) is 6.49. The van der Waals surface area contributed by atoms with Crippen molar-refractivity contribution >= 4 is 28.4 Å². The summed E-state index contributed by atoms with van der Waals surface area (Å²) in [5.41, 5.74) is 5.78. The molecule has 4 N–H and O–H groups in total. The summed E-state index contributed by atoms with van der Waals surface area (Å²) in [6.07, 6.45) is 0. The third-order valence-corrected chi connectivity index (χ3v) is 4.79. The fourth-order valence-corrected chi connectivity index (χ4v) is 3.44. The van der Waals surface area contributed by atoms with Crippen LogP contribution in [0.1, 0.15) is 10.5 Å². The second-order valence-electron chi connectivity index (χ2n) is 5.56. The molecule has 1 amide bonds. The molecule has 0 fully saturated rings. The van der Waals surface area contributed by atoms with E-state index in [0.29, 0.717) is 10.6 Å². The molecule has 0 bridgehead atoms. The molecule has 0 aliphatic rings. The van der Waals surface area contributed by atoms with Crippen molar-refractivity contribution in [3.63, 3.8) is 0 Å². The average Bonchev–Trinajstić information content (AvgIpc) is 3.27. The Morgan fingerprint density at radius 2 is 2.15 bits per heavy atom. The van der Waals surface area contributed by atoms with Crippen LogP contribution < -0.4 is 16.2 Å². The number of thiophene rings is 1. The van der Waals surface area contributed by atoms with E-state index in [1.165, 1.54) is 35.1 Å². The van der Waals surface area contributed by atoms with E-state index >= 15 is 0 Å². The number of aromatic nitrogens is 4. The van der Waals surface area contributed by atoms with E-state index in [4.69, 9.17) is 10.5 Å². The summed E-state index contributed by atoms with van der Waals surface area (Å²) in [6, 6.07) is 8.09. The molecule has 1 aromatic carbocycles. The summed E-state index contributed by atoms with van der Waals surface area (Å²) in [6.45, 7) is 0. The Morgan fingerprint density at radius 1 is 1.33 bits per heavy atom. The first kappa shape index (κ1) is 16.8. The maximum absolute atomic E-state index is 12.4. The Bertz CT molecular complexity index is 1230. The van der Waals surface area contributed by atoms with Gasteiger partial charge in [-0.1, -0.05) is 0 Å². The van der Waals surface area contributed by atoms with Crippen molar-refractivity contribution in [1.29, 1.82) is 0 Å². The lowest BCUT2D eigenvalue weighted by molar-refractivity contribution is 0.0997. The van der Waals surface area contributed by atoms with Gasteiger partial charge in [0.1, 0.15) is 10.5 Å². The van der Waals surface area contributed by atoms with Gasteiger partial charge in [0.05, 0.1) is 7.11 Å². The number of nitrogens with zero attached hydrogens (tertiary/aromatic N) is 3. The Kier molecular flexibility index (Phi) is 3.89. The molecule has 10 heteroatoms. The Hall–Kier alpha value is -3.66. The van der Waals surface area contributed by atoms with Crippen LogP contribution in [0.2, 0.25) is 0 Å². The Labute approximate surface area is 155 Å². The molecule has 27 heavy (non-hydrogen) atoms. The predicted octanol–water partition coefficient (Wildman–Crippen LogP) is 1.65. The summed E-state index contributed by atoms with van der Waals surface area (Å²) in [5, 5.41) is 12.2. The Morgan fingerprint density at radius 3 is 2.81 bits per heavy atom. The number of phenols is 1. The van der Waals surface area contributed by atoms with Crippen LogP contribution in [0.3, 0.4) is 0 Å². The van der Waals surface area contributed by atoms with Crippen LogP contribution in [-0.4, -0.2) is 37.6 Å². The van der Waals surface area contributed by atoms with E-state index in [9.17, 15) is 14.7 Å². The lowest BCUT2D eigenvalue weighted by Gasteiger charge is -2.08. The van der Waals surface area contributed by atoms with Crippen LogP contribution in [0.4, 0.5) is 0 Å². The molecule has 9 nitrogen and oxygen atoms in total. The van der Waals surface area contributed by atoms with Crippen molar-refractivity contribution in [1.82, 2.24) is 19.5 Å². The van der Waals surface area contributed by atoms with E-state index in [1.54, 1.807) is 18.2 Å². The fraction of sp³-hybridized carbons (Fsp3) is 0.0588. The van der Waals surface area contributed by atoms with Gasteiger partial charge in [0.2, 0.25) is 0 Å². The molecule has 0 saturated carbocycles. The molecule has 3 heterocycles. The molecule has 0 radical (unpaired) electrons. The molecular weight excluding hydrogens is 370 g/mol. The minimum Gasteiger partial charge on any atom is -0.504 e. The maximum atomic E-state index is 12.4. The van der Waals surface area contributed by atoms with Crippen molar-refractivity contribution in [3.8, 4) is 27.9 Å². The highest BCUT2D eigenvalue weighted by atomic mass is 32.1. The van der Waals surface area contributed by atoms with Crippen molar-refractivity contribution in [2.75, 3.05) is 7.11 Å². The third-order valence-electron chi connectivity index (χ3n) is 3.93. The first-order chi connectivity index (χ1) is 13.0. The number of hydrogen-bond donors (Lipinski definition) is 3. The summed E-state index contributed by atoms with van der Waals surface area (Å²) in [4.78, 5) is 35.6. The molecule has 0 saturated heterocycles. The van der Waals surface area contributed by atoms with E-state index in [1.807, 2.05) is 5.38 Å². The molecular formula is C17H13N5O4S. The van der Waals surface area contributed by atoms with Gasteiger partial charge >= 0.3 is 5.69 Å². The molecule has 0 atom stereocenters. The van der Waals surface area contributed by atoms with E-state index < -0.39 is 11.6 Å². The standard InChI is InChI=1S/C17H13N5O4S/c1-26-10-7-8(4-5-9(10)23)15-19-12(14(18)24)13-16(21-15)22(17(25)20-13)11-3-2-6-27-11/h2-7,23H,1H3,(H2,18,24)(H,20,25). The first-order valence-corrected chi connectivity index (χ1v) is 8.61. The van der Waals surface area contributed by atoms with Gasteiger partial charge in [-0.15, -0.1) is 11.3 Å². The van der Waals surface area contributed by atoms with Crippen LogP contribution in [0.25, 0.3) is 27.6 Å². The summed E-state index contributed by atoms with van der Waals surface area (Å²) in [7, 11) is 1.42. The van der Waals surface area contributed by atoms with Gasteiger partial charge in [0, 0.05) is 5.56 Å². The van der Waals surface area contributed by atoms with Crippen LogP contribution in [0, 0.1) is 0 Å². The molecule has 0 aliphatic carbocycles. The number of rotatable bonds is 4. The number of methoxy groups -OCH3 is 1. The number of carbonyl (C=O) groups is 1. The number of imidazole rings is 1. The molecule has 136 valence electrons. The number of aromatic hydroxyl groups is 1. The number of carbonyl (C=O) groups excluding carboxylic acids is 1. The first-order valence-electron chi connectivity index (χ1n) is 7.73. The molecule has 0 aliphatic heterocycles. The number of nitrogens with two attached hydrogens (primary N) is 1. The quantitative estimate of drug-likeness (QED) is 0.490. The van der Waals surface area contributed by atoms with Gasteiger partial charge in [-0.05, 0) is 35.7 Å². The van der Waals surface area contributed by atoms with Crippen molar-refractivity contribution in [2.24, 2.45) is 5.73 Å². The number of H-pyrrole nitrogens is 1. The molecule has 0 spiro atoms. The number of fused-ring (bicyclic) bond motifs is 1. The zero-order valence-electron chi connectivity index (χ0n) is 14.0. The van der Waals surface area contributed by atoms with Crippen LogP contribution in [-0.2, 0) is 0 Å². The third kappa shape index (κ3) is 2.72. The lowest BCUT2D eigenvalue weighted by Crippen LogP contribution is -2.15. The highest BCUT2D eigenvalue weighted by Gasteiger charge is 2.21. The van der Waals surface area contributed by atoms with Gasteiger partial charge in [0.15, 0.2) is 28.7 Å². The number of hydrogen-bond acceptors (Lipinski definition) is 7. The number of primary amides is 1. The number of ether oxygens (including phenoxy) is 1. The maximum Gasteiger partial charge on any atom is 0.333 e. The fourth-order valence-electron chi connectivity index (χ4n) is 2.71. The minimum atomic E-state index is -0.797. The van der Waals surface area contributed by atoms with E-state index in [-0.39, 0.29) is 34.2 Å². The number of nitrogens with one attached hydrogen (secondary N) is 1. The summed E-state index contributed by atoms with van der Waals surface area (Å²) >= 11 is 1.35. The highest BCUT2D eigenvalue weighted by molar-refractivity contribution is 7.12. The second kappa shape index (κ2) is 6.25. The topological polar surface area (TPSA) is 136 Å². The molecule has 3 aromatic heterocycles. The van der Waals surface area contributed by atoms with Gasteiger partial charge in [-0.25, -0.2) is 19.3 Å². The highest BCUT2D eigenvalue weighted by Crippen LogP contribution is 2.31. The van der Waals surface area contributed by atoms with Crippen molar-refractivity contribution < 1.29 is 14.6 Å². The number of aromatic amines is 1. The normalized spacial score (nSPS) is 11.0. The molecule has 4 rings (SSSR count). The van der Waals surface area contributed by atoms with E-state index in [0.717, 1.165) is 0 Å². The van der Waals surface area contributed by atoms with Gasteiger partial charge in [-0.3, -0.25) is 4.79 Å². The van der Waals surface area contributed by atoms with Crippen LogP contribution in [0.15, 0.2) is 40.5 Å². The molecule has 0 unspecified atom stereocenters. The lowest BCUT2D eigenvalue weighted by atomic mass is 10.2. The van der Waals surface area contributed by atoms with Crippen LogP contribution >= 0.6 is 11.3 Å². The van der Waals surface area contributed by atoms with Crippen molar-refractivity contribution in [3.05, 3.63) is 51.9 Å². The predicted molar refractivity (Wildman–Crippen MR) is 99.5 cm³/mol. The number of amides is 1. The van der Waals surface area contributed by atoms with E-state index in [2.05, 4.69) is 15.0 Å². The average molecular weight is 383 g/mol. The largest absolute Gasteiger partial charge is 0.504 e. The summed E-state index contributed by atoms with van der Waals surface area (Å²) < 4.78 is 6.46. The number of phenolic OH excluding ortho intramolecular Hbond substituents is 1. The van der Waals surface area contributed by atoms with Crippen molar-refractivity contribution in [2.45, 2.75) is 0 Å². The summed E-state index contributed by atoms with van der Waals surface area (Å²) in [5.74, 6) is -0.455. The van der Waals surface area contributed by atoms with Crippen LogP contribution in [0.5, 0.6) is 11.5 Å².